The Morgan fingerprint density at radius 3 is 2.76 bits per heavy atom. The third-order valence-electron chi connectivity index (χ3n) is 3.90. The first kappa shape index (κ1) is 18.2. The Morgan fingerprint density at radius 2 is 2.04 bits per heavy atom. The first-order valence-electron chi connectivity index (χ1n) is 7.88. The smallest absolute Gasteiger partial charge is 0.349 e. The Bertz CT molecular complexity index is 799. The third kappa shape index (κ3) is 4.32. The lowest BCUT2D eigenvalue weighted by Gasteiger charge is -2.13. The summed E-state index contributed by atoms with van der Waals surface area (Å²) in [6.07, 6.45) is 4.69. The lowest BCUT2D eigenvalue weighted by molar-refractivity contribution is -0.123. The van der Waals surface area contributed by atoms with Crippen molar-refractivity contribution in [2.45, 2.75) is 38.7 Å². The van der Waals surface area contributed by atoms with Crippen LogP contribution in [0.25, 0.3) is 0 Å². The fourth-order valence-electron chi connectivity index (χ4n) is 2.59. The molecule has 8 heteroatoms. The lowest BCUT2D eigenvalue weighted by Crippen LogP contribution is -2.30. The molecule has 1 atom stereocenters. The van der Waals surface area contributed by atoms with Gasteiger partial charge in [-0.15, -0.1) is 11.3 Å². The molecule has 132 valence electrons. The van der Waals surface area contributed by atoms with Crippen molar-refractivity contribution in [3.63, 3.8) is 0 Å². The van der Waals surface area contributed by atoms with Crippen molar-refractivity contribution in [1.82, 2.24) is 4.98 Å². The van der Waals surface area contributed by atoms with Gasteiger partial charge in [-0.1, -0.05) is 23.2 Å². The molecule has 0 spiro atoms. The van der Waals surface area contributed by atoms with Gasteiger partial charge in [-0.2, -0.15) is 0 Å². The number of aryl methyl sites for hydroxylation is 2. The fourth-order valence-corrected chi connectivity index (χ4v) is 4.15. The topological polar surface area (TPSA) is 68.3 Å². The molecule has 1 N–H and O–H groups in total. The molecule has 0 saturated carbocycles. The van der Waals surface area contributed by atoms with Gasteiger partial charge in [0.2, 0.25) is 0 Å². The molecule has 25 heavy (non-hydrogen) atoms. The molecule has 0 fully saturated rings. The van der Waals surface area contributed by atoms with Crippen LogP contribution in [0.2, 0.25) is 10.0 Å². The first-order valence-corrected chi connectivity index (χ1v) is 9.46. The van der Waals surface area contributed by atoms with Crippen molar-refractivity contribution in [2.75, 3.05) is 5.32 Å². The van der Waals surface area contributed by atoms with E-state index in [1.165, 1.54) is 41.0 Å². The number of hydrogen-bond donors (Lipinski definition) is 1. The summed E-state index contributed by atoms with van der Waals surface area (Å²) in [5.41, 5.74) is 1.22. The summed E-state index contributed by atoms with van der Waals surface area (Å²) in [6, 6.07) is 3.35. The van der Waals surface area contributed by atoms with Crippen LogP contribution in [0.1, 0.15) is 39.9 Å². The highest BCUT2D eigenvalue weighted by atomic mass is 35.5. The Morgan fingerprint density at radius 1 is 1.28 bits per heavy atom. The van der Waals surface area contributed by atoms with Gasteiger partial charge in [0.25, 0.3) is 5.91 Å². The van der Waals surface area contributed by atoms with E-state index < -0.39 is 18.0 Å². The molecule has 0 saturated heterocycles. The van der Waals surface area contributed by atoms with Gasteiger partial charge in [-0.05, 0) is 50.3 Å². The first-order chi connectivity index (χ1) is 11.9. The maximum absolute atomic E-state index is 12.3. The lowest BCUT2D eigenvalue weighted by atomic mass is 9.99. The predicted octanol–water partition coefficient (Wildman–Crippen LogP) is 4.51. The van der Waals surface area contributed by atoms with Crippen molar-refractivity contribution in [1.29, 1.82) is 0 Å². The zero-order valence-corrected chi connectivity index (χ0v) is 15.8. The molecule has 1 amide bonds. The molecule has 0 bridgehead atoms. The van der Waals surface area contributed by atoms with Gasteiger partial charge >= 0.3 is 5.97 Å². The van der Waals surface area contributed by atoms with Crippen LogP contribution in [0.3, 0.4) is 0 Å². The van der Waals surface area contributed by atoms with Gasteiger partial charge in [0.05, 0.1) is 10.0 Å². The minimum atomic E-state index is -0.972. The summed E-state index contributed by atoms with van der Waals surface area (Å²) in [5.74, 6) is -0.825. The highest BCUT2D eigenvalue weighted by molar-refractivity contribution is 7.14. The van der Waals surface area contributed by atoms with Gasteiger partial charge in [-0.25, -0.2) is 9.78 Å². The summed E-state index contributed by atoms with van der Waals surface area (Å²) in [4.78, 5) is 30.2. The van der Waals surface area contributed by atoms with Crippen molar-refractivity contribution >= 4 is 52.2 Å². The Balaban J connectivity index is 1.62. The molecule has 1 aliphatic rings. The second kappa shape index (κ2) is 7.72. The zero-order chi connectivity index (χ0) is 18.0. The summed E-state index contributed by atoms with van der Waals surface area (Å²) in [5, 5.41) is 3.11. The molecule has 2 aromatic rings. The molecule has 2 heterocycles. The molecule has 2 aromatic heterocycles. The van der Waals surface area contributed by atoms with E-state index in [4.69, 9.17) is 27.9 Å². The van der Waals surface area contributed by atoms with E-state index in [-0.39, 0.29) is 10.8 Å². The minimum absolute atomic E-state index is 0.172. The van der Waals surface area contributed by atoms with Gasteiger partial charge in [0.1, 0.15) is 4.88 Å². The van der Waals surface area contributed by atoms with E-state index in [0.717, 1.165) is 25.7 Å². The molecule has 3 rings (SSSR count). The standard InChI is InChI=1S/C17H16Cl2N2O3S/c1-9(16(22)21-15-12(19)7-11(18)8-20-15)24-17(23)14-6-10-4-2-3-5-13(10)25-14/h6-9H,2-5H2,1H3,(H,20,21,22)/t9-/m0/s1. The summed E-state index contributed by atoms with van der Waals surface area (Å²) in [6.45, 7) is 1.50. The minimum Gasteiger partial charge on any atom is -0.448 e. The van der Waals surface area contributed by atoms with Crippen LogP contribution in [0, 0.1) is 0 Å². The number of thiophene rings is 1. The van der Waals surface area contributed by atoms with Gasteiger partial charge < -0.3 is 10.1 Å². The monoisotopic (exact) mass is 398 g/mol. The Labute approximate surface area is 159 Å². The number of nitrogens with one attached hydrogen (secondary N) is 1. The summed E-state index contributed by atoms with van der Waals surface area (Å²) < 4.78 is 5.27. The van der Waals surface area contributed by atoms with E-state index in [2.05, 4.69) is 10.3 Å². The van der Waals surface area contributed by atoms with Gasteiger partial charge in [0, 0.05) is 11.1 Å². The number of esters is 1. The van der Waals surface area contributed by atoms with Crippen molar-refractivity contribution in [3.05, 3.63) is 43.7 Å². The normalized spacial score (nSPS) is 14.5. The van der Waals surface area contributed by atoms with Crippen LogP contribution in [-0.4, -0.2) is 23.0 Å². The zero-order valence-electron chi connectivity index (χ0n) is 13.5. The molecular weight excluding hydrogens is 383 g/mol. The SMILES string of the molecule is C[C@H](OC(=O)c1cc2c(s1)CCCC2)C(=O)Nc1ncc(Cl)cc1Cl. The van der Waals surface area contributed by atoms with Crippen LogP contribution in [0.15, 0.2) is 18.3 Å². The second-order valence-electron chi connectivity index (χ2n) is 5.79. The highest BCUT2D eigenvalue weighted by Crippen LogP contribution is 2.30. The Kier molecular flexibility index (Phi) is 5.61. The Hall–Kier alpha value is -1.63. The van der Waals surface area contributed by atoms with E-state index in [0.29, 0.717) is 9.90 Å². The molecule has 0 unspecified atom stereocenters. The number of fused-ring (bicyclic) bond motifs is 1. The molecule has 0 aromatic carbocycles. The molecule has 5 nitrogen and oxygen atoms in total. The van der Waals surface area contributed by atoms with Crippen molar-refractivity contribution in [2.24, 2.45) is 0 Å². The average molecular weight is 399 g/mol. The number of carbonyl (C=O) groups excluding carboxylic acids is 2. The number of aromatic nitrogens is 1. The van der Waals surface area contributed by atoms with Crippen molar-refractivity contribution < 1.29 is 14.3 Å². The van der Waals surface area contributed by atoms with Crippen LogP contribution in [0.4, 0.5) is 5.82 Å². The maximum Gasteiger partial charge on any atom is 0.349 e. The molecular formula is C17H16Cl2N2O3S. The van der Waals surface area contributed by atoms with Crippen molar-refractivity contribution in [3.8, 4) is 0 Å². The number of rotatable bonds is 4. The maximum atomic E-state index is 12.3. The van der Waals surface area contributed by atoms with E-state index in [1.807, 2.05) is 6.07 Å². The second-order valence-corrected chi connectivity index (χ2v) is 7.77. The van der Waals surface area contributed by atoms with E-state index in [9.17, 15) is 9.59 Å². The number of anilines is 1. The largest absolute Gasteiger partial charge is 0.448 e. The number of nitrogens with zero attached hydrogens (tertiary/aromatic N) is 1. The average Bonchev–Trinajstić information content (AvgIpc) is 3.01. The van der Waals surface area contributed by atoms with Crippen LogP contribution < -0.4 is 5.32 Å². The quantitative estimate of drug-likeness (QED) is 0.768. The summed E-state index contributed by atoms with van der Waals surface area (Å²) in [7, 11) is 0. The number of halogens is 2. The van der Waals surface area contributed by atoms with Crippen LogP contribution in [0.5, 0.6) is 0 Å². The number of carbonyl (C=O) groups is 2. The highest BCUT2D eigenvalue weighted by Gasteiger charge is 2.23. The van der Waals surface area contributed by atoms with E-state index in [1.54, 1.807) is 0 Å². The molecule has 0 aliphatic heterocycles. The van der Waals surface area contributed by atoms with Gasteiger partial charge in [0.15, 0.2) is 11.9 Å². The van der Waals surface area contributed by atoms with Gasteiger partial charge in [-0.3, -0.25) is 4.79 Å². The number of ether oxygens (including phenoxy) is 1. The molecule has 0 radical (unpaired) electrons. The number of pyridine rings is 1. The fraction of sp³-hybridized carbons (Fsp3) is 0.353. The predicted molar refractivity (Wildman–Crippen MR) is 98.7 cm³/mol. The number of hydrogen-bond acceptors (Lipinski definition) is 5. The summed E-state index contributed by atoms with van der Waals surface area (Å²) >= 11 is 13.2. The van der Waals surface area contributed by atoms with Crippen LogP contribution >= 0.6 is 34.5 Å². The molecule has 1 aliphatic carbocycles. The van der Waals surface area contributed by atoms with E-state index >= 15 is 0 Å². The van der Waals surface area contributed by atoms with Crippen LogP contribution in [-0.2, 0) is 22.4 Å². The third-order valence-corrected chi connectivity index (χ3v) is 5.61. The number of amides is 1.